The quantitative estimate of drug-likeness (QED) is 0.531. The predicted molar refractivity (Wildman–Crippen MR) is 53.7 cm³/mol. The van der Waals surface area contributed by atoms with Crippen LogP contribution in [0.4, 0.5) is 0 Å². The summed E-state index contributed by atoms with van der Waals surface area (Å²) < 4.78 is 4.70. The van der Waals surface area contributed by atoms with Gasteiger partial charge in [0, 0.05) is 12.6 Å². The fraction of sp³-hybridized carbons (Fsp3) is 0.600. The van der Waals surface area contributed by atoms with Crippen LogP contribution in [0.5, 0.6) is 0 Å². The average Bonchev–Trinajstić information content (AvgIpc) is 2.02. The van der Waals surface area contributed by atoms with Gasteiger partial charge in [0.05, 0.1) is 13.0 Å². The van der Waals surface area contributed by atoms with Crippen molar-refractivity contribution in [2.24, 2.45) is 0 Å². The minimum atomic E-state index is -0.287. The second-order valence-corrected chi connectivity index (χ2v) is 3.07. The van der Waals surface area contributed by atoms with E-state index in [4.69, 9.17) is 4.74 Å². The number of rotatable bonds is 5. The summed E-state index contributed by atoms with van der Waals surface area (Å²) in [6, 6.07) is 0. The molecule has 1 amide bonds. The molecule has 4 nitrogen and oxygen atoms in total. The lowest BCUT2D eigenvalue weighted by molar-refractivity contribution is -0.142. The highest BCUT2D eigenvalue weighted by molar-refractivity contribution is 5.88. The number of hydrogen-bond donors (Lipinski definition) is 1. The highest BCUT2D eigenvalue weighted by Crippen LogP contribution is 1.88. The van der Waals surface area contributed by atoms with Crippen LogP contribution in [0.15, 0.2) is 11.6 Å². The molecule has 0 aliphatic heterocycles. The van der Waals surface area contributed by atoms with E-state index in [-0.39, 0.29) is 18.3 Å². The number of ether oxygens (including phenoxy) is 1. The molecule has 0 rings (SSSR count). The number of nitrogens with one attached hydrogen (secondary N) is 1. The van der Waals surface area contributed by atoms with E-state index < -0.39 is 0 Å². The van der Waals surface area contributed by atoms with Crippen molar-refractivity contribution >= 4 is 11.9 Å². The molecule has 0 aliphatic carbocycles. The molecule has 0 heterocycles. The van der Waals surface area contributed by atoms with Crippen molar-refractivity contribution in [3.63, 3.8) is 0 Å². The van der Waals surface area contributed by atoms with Crippen LogP contribution >= 0.6 is 0 Å². The number of allylic oxidation sites excluding steroid dienone is 1. The second-order valence-electron chi connectivity index (χ2n) is 3.07. The van der Waals surface area contributed by atoms with E-state index in [1.165, 1.54) is 6.08 Å². The fourth-order valence-electron chi connectivity index (χ4n) is 0.834. The molecule has 0 aromatic heterocycles. The molecule has 0 bridgehead atoms. The molecule has 1 N–H and O–H groups in total. The Hall–Kier alpha value is -1.32. The molecule has 0 spiro atoms. The highest BCUT2D eigenvalue weighted by Gasteiger charge is 2.01. The molecule has 0 atom stereocenters. The van der Waals surface area contributed by atoms with E-state index >= 15 is 0 Å². The van der Waals surface area contributed by atoms with Crippen molar-refractivity contribution in [2.45, 2.75) is 27.2 Å². The maximum atomic E-state index is 11.1. The molecule has 0 unspecified atom stereocenters. The molecule has 4 heteroatoms. The Morgan fingerprint density at radius 3 is 2.50 bits per heavy atom. The lowest BCUT2D eigenvalue weighted by atomic mass is 10.3. The Morgan fingerprint density at radius 1 is 1.36 bits per heavy atom. The summed E-state index contributed by atoms with van der Waals surface area (Å²) in [7, 11) is 0. The Balaban J connectivity index is 3.59. The van der Waals surface area contributed by atoms with E-state index in [0.717, 1.165) is 5.57 Å². The van der Waals surface area contributed by atoms with Crippen LogP contribution in [0.1, 0.15) is 27.2 Å². The van der Waals surface area contributed by atoms with Gasteiger partial charge in [0.25, 0.3) is 0 Å². The van der Waals surface area contributed by atoms with Gasteiger partial charge in [-0.2, -0.15) is 0 Å². The number of hydrogen-bond acceptors (Lipinski definition) is 3. The lowest BCUT2D eigenvalue weighted by Gasteiger charge is -2.02. The maximum absolute atomic E-state index is 11.1. The maximum Gasteiger partial charge on any atom is 0.307 e. The average molecular weight is 199 g/mol. The zero-order chi connectivity index (χ0) is 11.0. The number of carbonyl (C=O) groups excluding carboxylic acids is 2. The van der Waals surface area contributed by atoms with E-state index in [1.54, 1.807) is 6.92 Å². The summed E-state index contributed by atoms with van der Waals surface area (Å²) >= 11 is 0. The van der Waals surface area contributed by atoms with E-state index in [2.05, 4.69) is 5.32 Å². The molecule has 0 fully saturated rings. The molecule has 0 aromatic carbocycles. The Labute approximate surface area is 84.3 Å². The zero-order valence-corrected chi connectivity index (χ0v) is 8.92. The van der Waals surface area contributed by atoms with Gasteiger partial charge in [-0.3, -0.25) is 9.59 Å². The van der Waals surface area contributed by atoms with E-state index in [9.17, 15) is 9.59 Å². The van der Waals surface area contributed by atoms with Crippen LogP contribution in [0.25, 0.3) is 0 Å². The largest absolute Gasteiger partial charge is 0.466 e. The van der Waals surface area contributed by atoms with Crippen molar-refractivity contribution in [3.05, 3.63) is 11.6 Å². The number of amides is 1. The lowest BCUT2D eigenvalue weighted by Crippen LogP contribution is -2.24. The summed E-state index contributed by atoms with van der Waals surface area (Å²) in [5.74, 6) is -0.459. The van der Waals surface area contributed by atoms with Gasteiger partial charge in [-0.15, -0.1) is 0 Å². The standard InChI is InChI=1S/C10H17NO3/c1-4-14-10(13)5-6-11-9(12)7-8(2)3/h7H,4-6H2,1-3H3,(H,11,12). The first kappa shape index (κ1) is 12.7. The molecule has 0 aliphatic rings. The SMILES string of the molecule is CCOC(=O)CCNC(=O)C=C(C)C. The van der Waals surface area contributed by atoms with Crippen LogP contribution in [0.2, 0.25) is 0 Å². The van der Waals surface area contributed by atoms with Gasteiger partial charge in [-0.1, -0.05) is 5.57 Å². The first-order valence-electron chi connectivity index (χ1n) is 4.64. The van der Waals surface area contributed by atoms with Gasteiger partial charge >= 0.3 is 5.97 Å². The van der Waals surface area contributed by atoms with Gasteiger partial charge in [0.1, 0.15) is 0 Å². The second kappa shape index (κ2) is 7.12. The van der Waals surface area contributed by atoms with E-state index in [1.807, 2.05) is 13.8 Å². The minimum Gasteiger partial charge on any atom is -0.466 e. The molecular weight excluding hydrogens is 182 g/mol. The molecule has 0 aromatic rings. The summed E-state index contributed by atoms with van der Waals surface area (Å²) in [4.78, 5) is 21.9. The van der Waals surface area contributed by atoms with Gasteiger partial charge in [-0.05, 0) is 20.8 Å². The van der Waals surface area contributed by atoms with Gasteiger partial charge < -0.3 is 10.1 Å². The van der Waals surface area contributed by atoms with Gasteiger partial charge in [0.15, 0.2) is 0 Å². The molecular formula is C10H17NO3. The first-order valence-corrected chi connectivity index (χ1v) is 4.64. The number of carbonyl (C=O) groups is 2. The van der Waals surface area contributed by atoms with Crippen LogP contribution in [-0.2, 0) is 14.3 Å². The third kappa shape index (κ3) is 7.34. The number of esters is 1. The smallest absolute Gasteiger partial charge is 0.307 e. The molecule has 14 heavy (non-hydrogen) atoms. The van der Waals surface area contributed by atoms with Crippen molar-refractivity contribution in [2.75, 3.05) is 13.2 Å². The zero-order valence-electron chi connectivity index (χ0n) is 8.92. The molecule has 80 valence electrons. The summed E-state index contributed by atoms with van der Waals surface area (Å²) in [6.45, 7) is 6.12. The third-order valence-electron chi connectivity index (χ3n) is 1.35. The highest BCUT2D eigenvalue weighted by atomic mass is 16.5. The van der Waals surface area contributed by atoms with Crippen LogP contribution in [-0.4, -0.2) is 25.0 Å². The predicted octanol–water partition coefficient (Wildman–Crippen LogP) is 1.02. The van der Waals surface area contributed by atoms with Crippen LogP contribution < -0.4 is 5.32 Å². The summed E-state index contributed by atoms with van der Waals surface area (Å²) in [5, 5.41) is 2.59. The summed E-state index contributed by atoms with van der Waals surface area (Å²) in [5.41, 5.74) is 0.929. The first-order chi connectivity index (χ1) is 6.56. The summed E-state index contributed by atoms with van der Waals surface area (Å²) in [6.07, 6.45) is 1.71. The molecule has 0 saturated carbocycles. The van der Waals surface area contributed by atoms with Crippen molar-refractivity contribution in [1.82, 2.24) is 5.32 Å². The van der Waals surface area contributed by atoms with Crippen molar-refractivity contribution in [1.29, 1.82) is 0 Å². The Bertz CT molecular complexity index is 230. The Morgan fingerprint density at radius 2 is 2.00 bits per heavy atom. The Kier molecular flexibility index (Phi) is 6.45. The van der Waals surface area contributed by atoms with Crippen LogP contribution in [0.3, 0.4) is 0 Å². The normalized spacial score (nSPS) is 9.07. The van der Waals surface area contributed by atoms with Crippen molar-refractivity contribution in [3.8, 4) is 0 Å². The van der Waals surface area contributed by atoms with E-state index in [0.29, 0.717) is 13.2 Å². The van der Waals surface area contributed by atoms with Gasteiger partial charge in [-0.25, -0.2) is 0 Å². The topological polar surface area (TPSA) is 55.4 Å². The molecule has 0 saturated heterocycles. The molecule has 0 radical (unpaired) electrons. The fourth-order valence-corrected chi connectivity index (χ4v) is 0.834. The monoisotopic (exact) mass is 199 g/mol. The minimum absolute atomic E-state index is 0.172. The van der Waals surface area contributed by atoms with Crippen molar-refractivity contribution < 1.29 is 14.3 Å². The third-order valence-corrected chi connectivity index (χ3v) is 1.35. The van der Waals surface area contributed by atoms with Crippen LogP contribution in [0, 0.1) is 0 Å². The van der Waals surface area contributed by atoms with Gasteiger partial charge in [0.2, 0.25) is 5.91 Å².